The lowest BCUT2D eigenvalue weighted by molar-refractivity contribution is -0.136. The van der Waals surface area contributed by atoms with Gasteiger partial charge < -0.3 is 15.0 Å². The van der Waals surface area contributed by atoms with Crippen LogP contribution in [0.4, 0.5) is 0 Å². The molecular weight excluding hydrogens is 264 g/mol. The van der Waals surface area contributed by atoms with Crippen LogP contribution >= 0.6 is 0 Å². The topological polar surface area (TPSA) is 41.6 Å². The number of carbonyl (C=O) groups excluding carboxylic acids is 1. The Morgan fingerprint density at radius 3 is 2.95 bits per heavy atom. The molecule has 4 heteroatoms. The zero-order chi connectivity index (χ0) is 15.2. The molecule has 1 aromatic carbocycles. The zero-order valence-corrected chi connectivity index (χ0v) is 13.3. The maximum atomic E-state index is 12.4. The highest BCUT2D eigenvalue weighted by Crippen LogP contribution is 2.14. The first-order valence-corrected chi connectivity index (χ1v) is 7.80. The van der Waals surface area contributed by atoms with Gasteiger partial charge in [-0.2, -0.15) is 0 Å². The van der Waals surface area contributed by atoms with Gasteiger partial charge in [0, 0.05) is 12.6 Å². The number of amides is 1. The van der Waals surface area contributed by atoms with Gasteiger partial charge in [-0.25, -0.2) is 0 Å². The maximum absolute atomic E-state index is 12.4. The first-order valence-electron chi connectivity index (χ1n) is 7.80. The summed E-state index contributed by atoms with van der Waals surface area (Å²) >= 11 is 0. The highest BCUT2D eigenvalue weighted by Gasteiger charge is 2.28. The predicted octanol–water partition coefficient (Wildman–Crippen LogP) is 2.36. The van der Waals surface area contributed by atoms with E-state index in [9.17, 15) is 4.79 Å². The van der Waals surface area contributed by atoms with Crippen LogP contribution in [0.5, 0.6) is 5.75 Å². The number of aryl methyl sites for hydroxylation is 1. The fraction of sp³-hybridized carbons (Fsp3) is 0.588. The molecule has 1 fully saturated rings. The molecule has 1 aliphatic rings. The van der Waals surface area contributed by atoms with E-state index in [1.165, 1.54) is 5.56 Å². The summed E-state index contributed by atoms with van der Waals surface area (Å²) in [4.78, 5) is 14.3. The van der Waals surface area contributed by atoms with Gasteiger partial charge in [0.25, 0.3) is 0 Å². The second-order valence-corrected chi connectivity index (χ2v) is 6.01. The minimum absolute atomic E-state index is 0.0299. The molecule has 1 N–H and O–H groups in total. The molecule has 0 radical (unpaired) electrons. The Bertz CT molecular complexity index is 474. The third kappa shape index (κ3) is 4.74. The van der Waals surface area contributed by atoms with Crippen LogP contribution in [-0.4, -0.2) is 42.6 Å². The lowest BCUT2D eigenvalue weighted by atomic mass is 10.0. The summed E-state index contributed by atoms with van der Waals surface area (Å²) in [7, 11) is 0. The van der Waals surface area contributed by atoms with E-state index in [1.54, 1.807) is 0 Å². The fourth-order valence-corrected chi connectivity index (χ4v) is 2.70. The van der Waals surface area contributed by atoms with Crippen LogP contribution in [0, 0.1) is 6.92 Å². The van der Waals surface area contributed by atoms with Crippen molar-refractivity contribution in [2.45, 2.75) is 45.7 Å². The van der Waals surface area contributed by atoms with Gasteiger partial charge >= 0.3 is 0 Å². The first kappa shape index (κ1) is 15.8. The number of carbonyl (C=O) groups is 1. The number of rotatable bonds is 6. The van der Waals surface area contributed by atoms with Crippen LogP contribution in [0.15, 0.2) is 24.3 Å². The van der Waals surface area contributed by atoms with E-state index in [-0.39, 0.29) is 11.9 Å². The molecule has 4 nitrogen and oxygen atoms in total. The van der Waals surface area contributed by atoms with Crippen molar-refractivity contribution in [2.24, 2.45) is 0 Å². The Hall–Kier alpha value is -1.55. The molecule has 0 saturated carbocycles. The van der Waals surface area contributed by atoms with E-state index in [0.29, 0.717) is 19.2 Å². The number of nitrogens with zero attached hydrogens (tertiary/aromatic N) is 1. The molecule has 1 amide bonds. The van der Waals surface area contributed by atoms with Crippen molar-refractivity contribution >= 4 is 5.91 Å². The van der Waals surface area contributed by atoms with Gasteiger partial charge in [-0.3, -0.25) is 4.79 Å². The van der Waals surface area contributed by atoms with Gasteiger partial charge in [0.1, 0.15) is 12.4 Å². The molecule has 1 atom stereocenters. The van der Waals surface area contributed by atoms with Gasteiger partial charge in [-0.1, -0.05) is 26.0 Å². The molecule has 1 aliphatic heterocycles. The highest BCUT2D eigenvalue weighted by molar-refractivity contribution is 5.82. The summed E-state index contributed by atoms with van der Waals surface area (Å²) in [5.41, 5.74) is 1.18. The summed E-state index contributed by atoms with van der Waals surface area (Å²) in [6, 6.07) is 8.30. The molecule has 2 rings (SSSR count). The first-order chi connectivity index (χ1) is 10.1. The van der Waals surface area contributed by atoms with Crippen LogP contribution < -0.4 is 10.1 Å². The van der Waals surface area contributed by atoms with Gasteiger partial charge in [-0.15, -0.1) is 0 Å². The molecule has 21 heavy (non-hydrogen) atoms. The quantitative estimate of drug-likeness (QED) is 0.874. The molecule has 1 aromatic rings. The van der Waals surface area contributed by atoms with E-state index in [2.05, 4.69) is 19.2 Å². The maximum Gasteiger partial charge on any atom is 0.239 e. The van der Waals surface area contributed by atoms with Crippen molar-refractivity contribution in [1.29, 1.82) is 0 Å². The lowest BCUT2D eigenvalue weighted by Crippen LogP contribution is -2.53. The Labute approximate surface area is 127 Å². The summed E-state index contributed by atoms with van der Waals surface area (Å²) in [6.45, 7) is 8.24. The van der Waals surface area contributed by atoms with E-state index < -0.39 is 0 Å². The summed E-state index contributed by atoms with van der Waals surface area (Å²) in [6.07, 6.45) is 1.99. The van der Waals surface area contributed by atoms with Gasteiger partial charge in [-0.05, 0) is 37.5 Å². The van der Waals surface area contributed by atoms with E-state index in [4.69, 9.17) is 4.74 Å². The second kappa shape index (κ2) is 7.46. The Balaban J connectivity index is 1.81. The average Bonchev–Trinajstić information content (AvgIpc) is 2.42. The summed E-state index contributed by atoms with van der Waals surface area (Å²) in [5, 5.41) is 3.34. The van der Waals surface area contributed by atoms with Crippen molar-refractivity contribution in [3.05, 3.63) is 29.8 Å². The average molecular weight is 290 g/mol. The zero-order valence-electron chi connectivity index (χ0n) is 13.3. The van der Waals surface area contributed by atoms with Crippen molar-refractivity contribution in [2.75, 3.05) is 19.7 Å². The minimum Gasteiger partial charge on any atom is -0.492 e. The molecule has 0 aliphatic carbocycles. The SMILES string of the molecule is Cc1cccc(OCCN2CCCC(NC(C)C)C2=O)c1. The molecule has 0 spiro atoms. The second-order valence-electron chi connectivity index (χ2n) is 6.01. The predicted molar refractivity (Wildman–Crippen MR) is 84.5 cm³/mol. The Morgan fingerprint density at radius 1 is 1.43 bits per heavy atom. The van der Waals surface area contributed by atoms with Crippen molar-refractivity contribution < 1.29 is 9.53 Å². The van der Waals surface area contributed by atoms with E-state index in [1.807, 2.05) is 36.1 Å². The van der Waals surface area contributed by atoms with Crippen molar-refractivity contribution in [3.63, 3.8) is 0 Å². The number of likely N-dealkylation sites (tertiary alicyclic amines) is 1. The Kier molecular flexibility index (Phi) is 5.62. The van der Waals surface area contributed by atoms with E-state index in [0.717, 1.165) is 25.1 Å². The van der Waals surface area contributed by atoms with Crippen LogP contribution in [0.2, 0.25) is 0 Å². The van der Waals surface area contributed by atoms with Crippen LogP contribution in [-0.2, 0) is 4.79 Å². The monoisotopic (exact) mass is 290 g/mol. The van der Waals surface area contributed by atoms with Crippen molar-refractivity contribution in [3.8, 4) is 5.75 Å². The van der Waals surface area contributed by atoms with Gasteiger partial charge in [0.05, 0.1) is 12.6 Å². The molecule has 116 valence electrons. The normalized spacial score (nSPS) is 19.1. The summed E-state index contributed by atoms with van der Waals surface area (Å²) in [5.74, 6) is 1.08. The Morgan fingerprint density at radius 2 is 2.24 bits per heavy atom. The smallest absolute Gasteiger partial charge is 0.239 e. The van der Waals surface area contributed by atoms with Crippen LogP contribution in [0.25, 0.3) is 0 Å². The van der Waals surface area contributed by atoms with Crippen LogP contribution in [0.3, 0.4) is 0 Å². The van der Waals surface area contributed by atoms with Crippen molar-refractivity contribution in [1.82, 2.24) is 10.2 Å². The van der Waals surface area contributed by atoms with Crippen LogP contribution in [0.1, 0.15) is 32.3 Å². The largest absolute Gasteiger partial charge is 0.492 e. The molecule has 1 heterocycles. The number of hydrogen-bond donors (Lipinski definition) is 1. The number of hydrogen-bond acceptors (Lipinski definition) is 3. The van der Waals surface area contributed by atoms with Gasteiger partial charge in [0.15, 0.2) is 0 Å². The molecule has 0 aromatic heterocycles. The minimum atomic E-state index is -0.0299. The number of piperidine rings is 1. The number of benzene rings is 1. The van der Waals surface area contributed by atoms with E-state index >= 15 is 0 Å². The molecular formula is C17H26N2O2. The van der Waals surface area contributed by atoms with Gasteiger partial charge in [0.2, 0.25) is 5.91 Å². The fourth-order valence-electron chi connectivity index (χ4n) is 2.70. The number of ether oxygens (including phenoxy) is 1. The third-order valence-electron chi connectivity index (χ3n) is 3.68. The third-order valence-corrected chi connectivity index (χ3v) is 3.68. The molecule has 0 bridgehead atoms. The lowest BCUT2D eigenvalue weighted by Gasteiger charge is -2.33. The summed E-state index contributed by atoms with van der Waals surface area (Å²) < 4.78 is 5.74. The molecule has 1 saturated heterocycles. The number of nitrogens with one attached hydrogen (secondary N) is 1. The standard InChI is InChI=1S/C17H26N2O2/c1-13(2)18-16-8-5-9-19(17(16)20)10-11-21-15-7-4-6-14(3)12-15/h4,6-7,12-13,16,18H,5,8-11H2,1-3H3. The molecule has 1 unspecified atom stereocenters. The highest BCUT2D eigenvalue weighted by atomic mass is 16.5.